The molecule has 5 heteroatoms. The number of hydrogen-bond donors (Lipinski definition) is 1. The van der Waals surface area contributed by atoms with Crippen LogP contribution >= 0.6 is 11.3 Å². The summed E-state index contributed by atoms with van der Waals surface area (Å²) in [7, 11) is 0. The van der Waals surface area contributed by atoms with Crippen LogP contribution in [-0.2, 0) is 0 Å². The fourth-order valence-electron chi connectivity index (χ4n) is 4.27. The van der Waals surface area contributed by atoms with E-state index in [-0.39, 0.29) is 5.56 Å². The van der Waals surface area contributed by atoms with Crippen LogP contribution in [-0.4, -0.2) is 14.4 Å². The van der Waals surface area contributed by atoms with E-state index in [1.807, 2.05) is 85.8 Å². The lowest BCUT2D eigenvalue weighted by Crippen LogP contribution is -2.23. The van der Waals surface area contributed by atoms with Crippen molar-refractivity contribution in [2.75, 3.05) is 0 Å². The number of fused-ring (bicyclic) bond motifs is 2. The van der Waals surface area contributed by atoms with Gasteiger partial charge in [-0.15, -0.1) is 0 Å². The van der Waals surface area contributed by atoms with Crippen molar-refractivity contribution < 1.29 is 0 Å². The predicted molar refractivity (Wildman–Crippen MR) is 132 cm³/mol. The van der Waals surface area contributed by atoms with Gasteiger partial charge in [0.25, 0.3) is 5.56 Å². The van der Waals surface area contributed by atoms with Crippen molar-refractivity contribution >= 4 is 33.3 Å². The number of aromatic nitrogens is 3. The average Bonchev–Trinajstić information content (AvgIpc) is 3.46. The number of aromatic amines is 1. The highest BCUT2D eigenvalue weighted by Gasteiger charge is 2.20. The van der Waals surface area contributed by atoms with Gasteiger partial charge in [-0.25, -0.2) is 9.38 Å². The van der Waals surface area contributed by atoms with E-state index in [9.17, 15) is 4.79 Å². The minimum absolute atomic E-state index is 0.0387. The van der Waals surface area contributed by atoms with Crippen molar-refractivity contribution in [2.24, 2.45) is 0 Å². The number of para-hydroxylation sites is 1. The van der Waals surface area contributed by atoms with E-state index in [0.717, 1.165) is 44.7 Å². The summed E-state index contributed by atoms with van der Waals surface area (Å²) in [5.74, 6) is 0. The van der Waals surface area contributed by atoms with Crippen LogP contribution in [0.15, 0.2) is 89.7 Å². The molecule has 0 fully saturated rings. The summed E-state index contributed by atoms with van der Waals surface area (Å²) in [5.41, 5.74) is 6.77. The molecule has 6 aromatic rings. The Kier molecular flexibility index (Phi) is 4.30. The maximum atomic E-state index is 13.6. The van der Waals surface area contributed by atoms with Crippen LogP contribution in [0.4, 0.5) is 0 Å². The largest absolute Gasteiger partial charge is 0.358 e. The van der Waals surface area contributed by atoms with E-state index in [1.54, 1.807) is 4.40 Å². The maximum absolute atomic E-state index is 13.6. The van der Waals surface area contributed by atoms with Crippen molar-refractivity contribution in [3.05, 3.63) is 111 Å². The molecule has 3 aromatic heterocycles. The average molecular weight is 434 g/mol. The van der Waals surface area contributed by atoms with Gasteiger partial charge in [0.1, 0.15) is 0 Å². The number of thiazole rings is 1. The van der Waals surface area contributed by atoms with Crippen molar-refractivity contribution in [1.29, 1.82) is 0 Å². The highest BCUT2D eigenvalue weighted by atomic mass is 32.1. The third kappa shape index (κ3) is 2.90. The number of nitrogens with zero attached hydrogens (tertiary/aromatic N) is 2. The Hall–Kier alpha value is -3.96. The van der Waals surface area contributed by atoms with Crippen molar-refractivity contribution in [3.8, 4) is 22.5 Å². The third-order valence-corrected chi connectivity index (χ3v) is 6.74. The molecule has 1 N–H and O–H groups in total. The van der Waals surface area contributed by atoms with E-state index in [2.05, 4.69) is 17.1 Å². The van der Waals surface area contributed by atoms with Gasteiger partial charge >= 0.3 is 0 Å². The van der Waals surface area contributed by atoms with E-state index in [1.165, 1.54) is 11.3 Å². The van der Waals surface area contributed by atoms with Gasteiger partial charge in [-0.1, -0.05) is 90.2 Å². The summed E-state index contributed by atoms with van der Waals surface area (Å²) in [6.45, 7) is 2.04. The number of nitrogens with one attached hydrogen (secondary N) is 1. The number of aryl methyl sites for hydroxylation is 1. The standard InChI is InChI=1S/C27H19N3OS/c1-17-21(20-14-8-9-15-22(20)28-17)16-23-26(31)30-25(19-12-6-3-7-13-19)24(29-27(30)32-23)18-10-4-2-5-11-18/h2-16,28H,1H3/b23-16-. The van der Waals surface area contributed by atoms with Gasteiger partial charge < -0.3 is 4.98 Å². The SMILES string of the molecule is Cc1[nH]c2ccccc2c1/C=c1\sc2nc(-c3ccccc3)c(-c3ccccc3)n2c1=O. The summed E-state index contributed by atoms with van der Waals surface area (Å²) in [6.07, 6.45) is 1.99. The molecule has 32 heavy (non-hydrogen) atoms. The van der Waals surface area contributed by atoms with Crippen LogP contribution < -0.4 is 10.1 Å². The number of benzene rings is 3. The number of rotatable bonds is 3. The first-order valence-electron chi connectivity index (χ1n) is 10.5. The molecule has 0 aliphatic rings. The third-order valence-electron chi connectivity index (χ3n) is 5.78. The zero-order valence-electron chi connectivity index (χ0n) is 17.4. The Morgan fingerprint density at radius 2 is 1.53 bits per heavy atom. The molecule has 0 aliphatic carbocycles. The normalized spacial score (nSPS) is 12.2. The molecule has 0 radical (unpaired) electrons. The summed E-state index contributed by atoms with van der Waals surface area (Å²) in [6, 6.07) is 28.2. The molecule has 0 aliphatic heterocycles. The van der Waals surface area contributed by atoms with Gasteiger partial charge in [-0.2, -0.15) is 0 Å². The summed E-state index contributed by atoms with van der Waals surface area (Å²) < 4.78 is 2.44. The van der Waals surface area contributed by atoms with Gasteiger partial charge in [-0.3, -0.25) is 4.79 Å². The molecular weight excluding hydrogens is 414 g/mol. The van der Waals surface area contributed by atoms with E-state index in [0.29, 0.717) is 9.49 Å². The van der Waals surface area contributed by atoms with Gasteiger partial charge in [0, 0.05) is 33.3 Å². The highest BCUT2D eigenvalue weighted by molar-refractivity contribution is 7.15. The molecule has 3 heterocycles. The van der Waals surface area contributed by atoms with Crippen LogP contribution in [0.2, 0.25) is 0 Å². The van der Waals surface area contributed by atoms with E-state index in [4.69, 9.17) is 4.98 Å². The Bertz CT molecular complexity index is 1690. The molecule has 0 unspecified atom stereocenters. The summed E-state index contributed by atoms with van der Waals surface area (Å²) in [4.78, 5) is 22.7. The van der Waals surface area contributed by atoms with Crippen LogP contribution in [0.1, 0.15) is 11.3 Å². The maximum Gasteiger partial charge on any atom is 0.274 e. The number of imidazole rings is 1. The molecule has 6 rings (SSSR count). The minimum Gasteiger partial charge on any atom is -0.358 e. The van der Waals surface area contributed by atoms with Gasteiger partial charge in [0.15, 0.2) is 4.96 Å². The molecule has 154 valence electrons. The predicted octanol–water partition coefficient (Wildman–Crippen LogP) is 5.43. The smallest absolute Gasteiger partial charge is 0.274 e. The lowest BCUT2D eigenvalue weighted by Gasteiger charge is -2.04. The lowest BCUT2D eigenvalue weighted by atomic mass is 10.1. The van der Waals surface area contributed by atoms with Crippen LogP contribution in [0, 0.1) is 6.92 Å². The zero-order valence-corrected chi connectivity index (χ0v) is 18.2. The fourth-order valence-corrected chi connectivity index (χ4v) is 5.23. The minimum atomic E-state index is -0.0387. The van der Waals surface area contributed by atoms with Crippen LogP contribution in [0.25, 0.3) is 44.5 Å². The molecule has 4 nitrogen and oxygen atoms in total. The van der Waals surface area contributed by atoms with Gasteiger partial charge in [0.2, 0.25) is 0 Å². The molecular formula is C27H19N3OS. The van der Waals surface area contributed by atoms with Crippen molar-refractivity contribution in [1.82, 2.24) is 14.4 Å². The van der Waals surface area contributed by atoms with Crippen molar-refractivity contribution in [2.45, 2.75) is 6.92 Å². The van der Waals surface area contributed by atoms with E-state index < -0.39 is 0 Å². The number of H-pyrrole nitrogens is 1. The van der Waals surface area contributed by atoms with Crippen LogP contribution in [0.5, 0.6) is 0 Å². The Morgan fingerprint density at radius 3 is 2.28 bits per heavy atom. The molecule has 0 saturated carbocycles. The Balaban J connectivity index is 1.65. The number of hydrogen-bond acceptors (Lipinski definition) is 3. The molecule has 0 spiro atoms. The summed E-state index contributed by atoms with van der Waals surface area (Å²) >= 11 is 1.43. The summed E-state index contributed by atoms with van der Waals surface area (Å²) in [5, 5.41) is 1.11. The molecule has 0 saturated heterocycles. The zero-order chi connectivity index (χ0) is 21.7. The second kappa shape index (κ2) is 7.32. The van der Waals surface area contributed by atoms with Gasteiger partial charge in [0.05, 0.1) is 15.9 Å². The van der Waals surface area contributed by atoms with E-state index >= 15 is 0 Å². The second-order valence-corrected chi connectivity index (χ2v) is 8.79. The van der Waals surface area contributed by atoms with Crippen LogP contribution in [0.3, 0.4) is 0 Å². The Labute approximate surface area is 188 Å². The first-order chi connectivity index (χ1) is 15.7. The highest BCUT2D eigenvalue weighted by Crippen LogP contribution is 2.32. The fraction of sp³-hybridized carbons (Fsp3) is 0.0370. The molecule has 0 atom stereocenters. The molecule has 0 amide bonds. The van der Waals surface area contributed by atoms with Crippen molar-refractivity contribution in [3.63, 3.8) is 0 Å². The van der Waals surface area contributed by atoms with Gasteiger partial charge in [-0.05, 0) is 19.1 Å². The monoisotopic (exact) mass is 433 g/mol. The topological polar surface area (TPSA) is 50.2 Å². The lowest BCUT2D eigenvalue weighted by molar-refractivity contribution is 1.15. The second-order valence-electron chi connectivity index (χ2n) is 7.78. The Morgan fingerprint density at radius 1 is 0.875 bits per heavy atom. The molecule has 0 bridgehead atoms. The first kappa shape index (κ1) is 18.8. The quantitative estimate of drug-likeness (QED) is 0.405. The molecule has 3 aromatic carbocycles. The first-order valence-corrected chi connectivity index (χ1v) is 11.3.